The highest BCUT2D eigenvalue weighted by Gasteiger charge is 2.19. The Labute approximate surface area is 114 Å². The first-order valence-corrected chi connectivity index (χ1v) is 8.73. The molecule has 5 nitrogen and oxygen atoms in total. The molecule has 0 aromatic heterocycles. The fourth-order valence-corrected chi connectivity index (χ4v) is 3.30. The lowest BCUT2D eigenvalue weighted by atomic mass is 10.3. The van der Waals surface area contributed by atoms with Gasteiger partial charge in [0.15, 0.2) is 0 Å². The third-order valence-electron chi connectivity index (χ3n) is 2.29. The minimum atomic E-state index is -2.96. The van der Waals surface area contributed by atoms with Gasteiger partial charge >= 0.3 is 18.8 Å². The van der Waals surface area contributed by atoms with Crippen molar-refractivity contribution >= 4 is 24.0 Å². The quantitative estimate of drug-likeness (QED) is 0.440. The van der Waals surface area contributed by atoms with Crippen LogP contribution in [0, 0.1) is 0 Å². The molecule has 0 saturated heterocycles. The molecular weight excluding hydrogens is 280 g/mol. The van der Waals surface area contributed by atoms with Crippen molar-refractivity contribution in [3.8, 4) is 5.75 Å². The van der Waals surface area contributed by atoms with Gasteiger partial charge in [0.2, 0.25) is 0 Å². The third-order valence-corrected chi connectivity index (χ3v) is 4.51. The van der Waals surface area contributed by atoms with E-state index in [9.17, 15) is 9.59 Å². The van der Waals surface area contributed by atoms with Crippen LogP contribution in [-0.4, -0.2) is 28.4 Å². The van der Waals surface area contributed by atoms with E-state index in [1.165, 1.54) is 0 Å². The Balaban J connectivity index is 1.79. The Bertz CT molecular complexity index is 482. The van der Waals surface area contributed by atoms with E-state index in [1.807, 2.05) is 12.1 Å². The van der Waals surface area contributed by atoms with Crippen LogP contribution in [0.5, 0.6) is 5.75 Å². The molecule has 100 valence electrons. The molecule has 7 heteroatoms. The molecular formula is C12H14O5Si2. The van der Waals surface area contributed by atoms with E-state index in [2.05, 4.69) is 0 Å². The summed E-state index contributed by atoms with van der Waals surface area (Å²) in [5, 5.41) is 0.670. The van der Waals surface area contributed by atoms with Gasteiger partial charge < -0.3 is 14.0 Å². The van der Waals surface area contributed by atoms with Gasteiger partial charge in [0, 0.05) is 0 Å². The first-order valence-electron chi connectivity index (χ1n) is 5.70. The summed E-state index contributed by atoms with van der Waals surface area (Å²) in [5.41, 5.74) is 0. The molecule has 2 unspecified atom stereocenters. The van der Waals surface area contributed by atoms with Crippen LogP contribution in [0.1, 0.15) is 0 Å². The lowest BCUT2D eigenvalue weighted by Crippen LogP contribution is -2.37. The van der Waals surface area contributed by atoms with Gasteiger partial charge in [-0.2, -0.15) is 0 Å². The van der Waals surface area contributed by atoms with E-state index < -0.39 is 18.8 Å². The van der Waals surface area contributed by atoms with Crippen LogP contribution in [0.4, 0.5) is 0 Å². The third kappa shape index (κ3) is 4.60. The summed E-state index contributed by atoms with van der Waals surface area (Å²) in [4.78, 5) is 19.4. The summed E-state index contributed by atoms with van der Waals surface area (Å²) in [7, 11) is -5.61. The van der Waals surface area contributed by atoms with E-state index in [0.29, 0.717) is 10.9 Å². The SMILES string of the molecule is O[SiH](OO[SiH](O)c1ccccc1)Oc1ccccc1. The van der Waals surface area contributed by atoms with Crippen LogP contribution in [0.2, 0.25) is 0 Å². The summed E-state index contributed by atoms with van der Waals surface area (Å²) in [6, 6.07) is 17.7. The van der Waals surface area contributed by atoms with E-state index in [-0.39, 0.29) is 0 Å². The molecule has 2 aromatic carbocycles. The highest BCUT2D eigenvalue weighted by atomic mass is 28.3. The maximum Gasteiger partial charge on any atom is 0.573 e. The highest BCUT2D eigenvalue weighted by Crippen LogP contribution is 2.09. The van der Waals surface area contributed by atoms with Crippen LogP contribution in [-0.2, 0) is 9.15 Å². The maximum atomic E-state index is 9.78. The highest BCUT2D eigenvalue weighted by molar-refractivity contribution is 6.60. The molecule has 2 aromatic rings. The van der Waals surface area contributed by atoms with Gasteiger partial charge in [0.25, 0.3) is 0 Å². The van der Waals surface area contributed by atoms with Gasteiger partial charge in [-0.25, -0.2) is 4.58 Å². The summed E-state index contributed by atoms with van der Waals surface area (Å²) in [5.74, 6) is 0.501. The van der Waals surface area contributed by atoms with Gasteiger partial charge in [0.1, 0.15) is 5.75 Å². The molecule has 0 aliphatic heterocycles. The van der Waals surface area contributed by atoms with Crippen molar-refractivity contribution < 1.29 is 23.2 Å². The fourth-order valence-electron chi connectivity index (χ4n) is 1.41. The van der Waals surface area contributed by atoms with Crippen molar-refractivity contribution in [3.05, 3.63) is 60.7 Å². The molecule has 2 N–H and O–H groups in total. The number of para-hydroxylation sites is 1. The lowest BCUT2D eigenvalue weighted by molar-refractivity contribution is -0.150. The van der Waals surface area contributed by atoms with Gasteiger partial charge in [-0.15, -0.1) is 0 Å². The summed E-state index contributed by atoms with van der Waals surface area (Å²) >= 11 is 0. The van der Waals surface area contributed by atoms with Crippen molar-refractivity contribution in [1.82, 2.24) is 0 Å². The standard InChI is InChI=1S/C12H14O5Si2/c13-18(12-9-5-2-6-10-12)16-17-19(14)15-11-7-3-1-4-8-11/h1-10,13-14,18-19H. The van der Waals surface area contributed by atoms with Crippen molar-refractivity contribution in [1.29, 1.82) is 0 Å². The predicted molar refractivity (Wildman–Crippen MR) is 74.1 cm³/mol. The van der Waals surface area contributed by atoms with Gasteiger partial charge in [0.05, 0.1) is 0 Å². The second kappa shape index (κ2) is 7.19. The summed E-state index contributed by atoms with van der Waals surface area (Å²) in [6.45, 7) is 0. The molecule has 19 heavy (non-hydrogen) atoms. The predicted octanol–water partition coefficient (Wildman–Crippen LogP) is -0.157. The van der Waals surface area contributed by atoms with Crippen molar-refractivity contribution in [3.63, 3.8) is 0 Å². The number of rotatable bonds is 6. The first-order chi connectivity index (χ1) is 9.25. The molecule has 0 radical (unpaired) electrons. The molecule has 2 rings (SSSR count). The average molecular weight is 294 g/mol. The number of benzene rings is 2. The van der Waals surface area contributed by atoms with E-state index in [0.717, 1.165) is 0 Å². The largest absolute Gasteiger partial charge is 0.573 e. The fraction of sp³-hybridized carbons (Fsp3) is 0. The molecule has 0 amide bonds. The Morgan fingerprint density at radius 2 is 1.32 bits per heavy atom. The minimum absolute atomic E-state index is 0.501. The smallest absolute Gasteiger partial charge is 0.502 e. The second-order valence-electron chi connectivity index (χ2n) is 3.69. The van der Waals surface area contributed by atoms with Crippen molar-refractivity contribution in [2.75, 3.05) is 0 Å². The normalized spacial score (nSPS) is 13.8. The zero-order valence-corrected chi connectivity index (χ0v) is 12.4. The lowest BCUT2D eigenvalue weighted by Gasteiger charge is -2.13. The molecule has 2 atom stereocenters. The molecule has 0 fully saturated rings. The molecule has 0 aliphatic rings. The summed E-state index contributed by atoms with van der Waals surface area (Å²) in [6.07, 6.45) is 0. The number of hydrogen-bond acceptors (Lipinski definition) is 5. The van der Waals surface area contributed by atoms with Gasteiger partial charge in [-0.3, -0.25) is 4.58 Å². The second-order valence-corrected chi connectivity index (χ2v) is 6.30. The van der Waals surface area contributed by atoms with E-state index in [1.54, 1.807) is 48.5 Å². The van der Waals surface area contributed by atoms with Crippen LogP contribution in [0.3, 0.4) is 0 Å². The van der Waals surface area contributed by atoms with Crippen LogP contribution < -0.4 is 9.61 Å². The molecule has 0 spiro atoms. The number of hydrogen-bond donors (Lipinski definition) is 2. The Morgan fingerprint density at radius 3 is 1.95 bits per heavy atom. The zero-order chi connectivity index (χ0) is 13.5. The Hall–Kier alpha value is -1.49. The molecule has 0 aliphatic carbocycles. The van der Waals surface area contributed by atoms with Crippen LogP contribution >= 0.6 is 0 Å². The average Bonchev–Trinajstić information content (AvgIpc) is 2.47. The van der Waals surface area contributed by atoms with Gasteiger partial charge in [-0.1, -0.05) is 48.5 Å². The zero-order valence-electron chi connectivity index (χ0n) is 10.0. The van der Waals surface area contributed by atoms with E-state index in [4.69, 9.17) is 13.6 Å². The van der Waals surface area contributed by atoms with Crippen molar-refractivity contribution in [2.24, 2.45) is 0 Å². The van der Waals surface area contributed by atoms with Crippen LogP contribution in [0.15, 0.2) is 60.7 Å². The summed E-state index contributed by atoms with van der Waals surface area (Å²) < 4.78 is 14.7. The monoisotopic (exact) mass is 294 g/mol. The van der Waals surface area contributed by atoms with Crippen LogP contribution in [0.25, 0.3) is 0 Å². The topological polar surface area (TPSA) is 68.2 Å². The Kier molecular flexibility index (Phi) is 5.27. The van der Waals surface area contributed by atoms with E-state index >= 15 is 0 Å². The van der Waals surface area contributed by atoms with Gasteiger partial charge in [-0.05, 0) is 17.3 Å². The molecule has 0 heterocycles. The maximum absolute atomic E-state index is 9.78. The first kappa shape index (κ1) is 13.9. The molecule has 0 bridgehead atoms. The van der Waals surface area contributed by atoms with Crippen molar-refractivity contribution in [2.45, 2.75) is 0 Å². The molecule has 0 saturated carbocycles. The Morgan fingerprint density at radius 1 is 0.737 bits per heavy atom. The minimum Gasteiger partial charge on any atom is -0.502 e.